The minimum atomic E-state index is -0.573. The van der Waals surface area contributed by atoms with Gasteiger partial charge in [0.25, 0.3) is 0 Å². The second-order valence-electron chi connectivity index (χ2n) is 7.91. The highest BCUT2D eigenvalue weighted by atomic mass is 16.6. The van der Waals surface area contributed by atoms with Crippen LogP contribution in [-0.4, -0.2) is 21.2 Å². The third-order valence-electron chi connectivity index (χ3n) is 7.38. The van der Waals surface area contributed by atoms with Crippen LogP contribution in [0.3, 0.4) is 0 Å². The molecule has 0 amide bonds. The van der Waals surface area contributed by atoms with Crippen LogP contribution >= 0.6 is 0 Å². The van der Waals surface area contributed by atoms with Gasteiger partial charge in [0.05, 0.1) is 5.60 Å². The molecular formula is C14H19NO3. The minimum absolute atomic E-state index is 0.0536. The Hall–Kier alpha value is -0.640. The molecule has 1 N–H and O–H groups in total. The summed E-state index contributed by atoms with van der Waals surface area (Å²) in [5, 5.41) is 22.1. The van der Waals surface area contributed by atoms with E-state index >= 15 is 0 Å². The van der Waals surface area contributed by atoms with Gasteiger partial charge >= 0.3 is 0 Å². The lowest BCUT2D eigenvalue weighted by Crippen LogP contribution is -2.72. The standard InChI is InChI=1S/C14H19NO3/c16-14-4-10-7-1-13(15(17)18)2-8(10)12(6-14)9(3-13)11(7)5-14/h7-12,16H,1-6H2. The van der Waals surface area contributed by atoms with Gasteiger partial charge in [0, 0.05) is 24.2 Å². The normalized spacial score (nSPS) is 66.7. The Kier molecular flexibility index (Phi) is 1.48. The molecule has 0 aromatic rings. The van der Waals surface area contributed by atoms with E-state index in [2.05, 4.69) is 0 Å². The molecule has 7 fully saturated rings. The predicted molar refractivity (Wildman–Crippen MR) is 63.3 cm³/mol. The Morgan fingerprint density at radius 1 is 0.833 bits per heavy atom. The van der Waals surface area contributed by atoms with E-state index in [0.29, 0.717) is 35.5 Å². The van der Waals surface area contributed by atoms with Crippen molar-refractivity contribution in [3.63, 3.8) is 0 Å². The van der Waals surface area contributed by atoms with Crippen LogP contribution in [0.1, 0.15) is 38.5 Å². The highest BCUT2D eigenvalue weighted by Gasteiger charge is 2.73. The van der Waals surface area contributed by atoms with Crippen LogP contribution in [0, 0.1) is 45.6 Å². The number of aliphatic hydroxyl groups is 1. The smallest absolute Gasteiger partial charge is 0.223 e. The first-order chi connectivity index (χ1) is 8.51. The monoisotopic (exact) mass is 249 g/mol. The zero-order chi connectivity index (χ0) is 12.3. The van der Waals surface area contributed by atoms with Gasteiger partial charge < -0.3 is 5.11 Å². The lowest BCUT2D eigenvalue weighted by Gasteiger charge is -2.71. The van der Waals surface area contributed by atoms with E-state index < -0.39 is 11.1 Å². The lowest BCUT2D eigenvalue weighted by molar-refractivity contribution is -0.597. The summed E-state index contributed by atoms with van der Waals surface area (Å²) in [7, 11) is 0. The molecule has 4 heteroatoms. The van der Waals surface area contributed by atoms with Gasteiger partial charge in [-0.25, -0.2) is 0 Å². The molecule has 7 saturated carbocycles. The maximum atomic E-state index is 11.5. The van der Waals surface area contributed by atoms with Gasteiger partial charge in [-0.15, -0.1) is 0 Å². The van der Waals surface area contributed by atoms with Crippen molar-refractivity contribution in [3.8, 4) is 0 Å². The van der Waals surface area contributed by atoms with Crippen LogP contribution in [0.4, 0.5) is 0 Å². The molecular weight excluding hydrogens is 230 g/mol. The summed E-state index contributed by atoms with van der Waals surface area (Å²) in [6, 6.07) is 0. The Morgan fingerprint density at radius 3 is 1.50 bits per heavy atom. The highest BCUT2D eigenvalue weighted by Crippen LogP contribution is 2.73. The summed E-state index contributed by atoms with van der Waals surface area (Å²) in [4.78, 5) is 11.6. The maximum Gasteiger partial charge on any atom is 0.223 e. The lowest BCUT2D eigenvalue weighted by atomic mass is 9.33. The Morgan fingerprint density at radius 2 is 1.17 bits per heavy atom. The number of nitrogens with zero attached hydrogens (tertiary/aromatic N) is 1. The first-order valence-electron chi connectivity index (χ1n) is 7.38. The summed E-state index contributed by atoms with van der Waals surface area (Å²) in [6.45, 7) is 0. The molecule has 98 valence electrons. The van der Waals surface area contributed by atoms with E-state index in [9.17, 15) is 15.2 Å². The molecule has 0 atom stereocenters. The molecule has 4 nitrogen and oxygen atoms in total. The summed E-state index contributed by atoms with van der Waals surface area (Å²) < 4.78 is 0. The molecule has 7 aliphatic rings. The van der Waals surface area contributed by atoms with Crippen molar-refractivity contribution in [3.05, 3.63) is 10.1 Å². The second-order valence-corrected chi connectivity index (χ2v) is 7.91. The van der Waals surface area contributed by atoms with E-state index in [0.717, 1.165) is 38.5 Å². The third kappa shape index (κ3) is 0.899. The summed E-state index contributed by atoms with van der Waals surface area (Å²) in [5.41, 5.74) is -0.967. The largest absolute Gasteiger partial charge is 0.390 e. The molecule has 8 bridgehead atoms. The second kappa shape index (κ2) is 2.62. The molecule has 0 aromatic heterocycles. The van der Waals surface area contributed by atoms with Gasteiger partial charge in [0.2, 0.25) is 5.54 Å². The van der Waals surface area contributed by atoms with Gasteiger partial charge in [-0.05, 0) is 54.8 Å². The van der Waals surface area contributed by atoms with Crippen LogP contribution in [0.5, 0.6) is 0 Å². The van der Waals surface area contributed by atoms with Gasteiger partial charge in [-0.3, -0.25) is 10.1 Å². The third-order valence-corrected chi connectivity index (χ3v) is 7.38. The van der Waals surface area contributed by atoms with Crippen molar-refractivity contribution >= 4 is 0 Å². The van der Waals surface area contributed by atoms with Crippen LogP contribution in [0.15, 0.2) is 0 Å². The molecule has 0 unspecified atom stereocenters. The summed E-state index contributed by atoms with van der Waals surface area (Å²) in [6.07, 6.45) is 5.25. The van der Waals surface area contributed by atoms with Gasteiger partial charge in [0.15, 0.2) is 0 Å². The molecule has 0 spiro atoms. The number of rotatable bonds is 1. The summed E-state index contributed by atoms with van der Waals surface area (Å²) in [5.74, 6) is 3.51. The average molecular weight is 249 g/mol. The topological polar surface area (TPSA) is 63.4 Å². The Bertz CT molecular complexity index is 397. The Labute approximate surface area is 106 Å². The zero-order valence-electron chi connectivity index (χ0n) is 10.4. The summed E-state index contributed by atoms with van der Waals surface area (Å²) >= 11 is 0. The highest BCUT2D eigenvalue weighted by molar-refractivity contribution is 5.20. The molecule has 18 heavy (non-hydrogen) atoms. The van der Waals surface area contributed by atoms with Gasteiger partial charge in [-0.2, -0.15) is 0 Å². The molecule has 0 aliphatic heterocycles. The number of nitro groups is 1. The van der Waals surface area contributed by atoms with E-state index in [1.807, 2.05) is 0 Å². The maximum absolute atomic E-state index is 11.5. The van der Waals surface area contributed by atoms with E-state index in [1.165, 1.54) is 0 Å². The Balaban J connectivity index is 1.64. The molecule has 7 rings (SSSR count). The van der Waals surface area contributed by atoms with Crippen LogP contribution in [-0.2, 0) is 0 Å². The van der Waals surface area contributed by atoms with Crippen molar-refractivity contribution in [1.29, 1.82) is 0 Å². The minimum Gasteiger partial charge on any atom is -0.390 e. The number of hydrogen-bond donors (Lipinski definition) is 1. The van der Waals surface area contributed by atoms with Crippen molar-refractivity contribution in [2.75, 3.05) is 0 Å². The molecule has 0 radical (unpaired) electrons. The number of hydrogen-bond acceptors (Lipinski definition) is 3. The molecule has 7 aliphatic carbocycles. The fourth-order valence-electron chi connectivity index (χ4n) is 7.08. The van der Waals surface area contributed by atoms with Crippen molar-refractivity contribution < 1.29 is 10.0 Å². The van der Waals surface area contributed by atoms with Crippen LogP contribution < -0.4 is 0 Å². The predicted octanol–water partition coefficient (Wildman–Crippen LogP) is 1.84. The zero-order valence-corrected chi connectivity index (χ0v) is 10.4. The van der Waals surface area contributed by atoms with Crippen LogP contribution in [0.25, 0.3) is 0 Å². The van der Waals surface area contributed by atoms with E-state index in [1.54, 1.807) is 0 Å². The molecule has 0 heterocycles. The van der Waals surface area contributed by atoms with Gasteiger partial charge in [-0.1, -0.05) is 0 Å². The van der Waals surface area contributed by atoms with Gasteiger partial charge in [0.1, 0.15) is 0 Å². The fourth-order valence-corrected chi connectivity index (χ4v) is 7.08. The molecule has 0 aromatic carbocycles. The van der Waals surface area contributed by atoms with Crippen LogP contribution in [0.2, 0.25) is 0 Å². The van der Waals surface area contributed by atoms with Crippen molar-refractivity contribution in [2.24, 2.45) is 35.5 Å². The quantitative estimate of drug-likeness (QED) is 0.569. The molecule has 0 saturated heterocycles. The van der Waals surface area contributed by atoms with E-state index in [4.69, 9.17) is 0 Å². The fraction of sp³-hybridized carbons (Fsp3) is 1.00. The first kappa shape index (κ1) is 10.2. The van der Waals surface area contributed by atoms with E-state index in [-0.39, 0.29) is 4.92 Å². The van der Waals surface area contributed by atoms with Crippen molar-refractivity contribution in [2.45, 2.75) is 49.7 Å². The first-order valence-corrected chi connectivity index (χ1v) is 7.38. The average Bonchev–Trinajstić information content (AvgIpc) is 2.33. The SMILES string of the molecule is O=[N+]([O-])C12CC3C4CC5(O)CC3C(C1)C(C5)C4C2. The van der Waals surface area contributed by atoms with Crippen molar-refractivity contribution in [1.82, 2.24) is 0 Å².